The van der Waals surface area contributed by atoms with Crippen molar-refractivity contribution in [2.75, 3.05) is 4.90 Å². The Morgan fingerprint density at radius 2 is 1.90 bits per heavy atom. The molecule has 0 fully saturated rings. The van der Waals surface area contributed by atoms with Gasteiger partial charge in [-0.1, -0.05) is 42.1 Å². The van der Waals surface area contributed by atoms with Crippen molar-refractivity contribution >= 4 is 50.7 Å². The minimum Gasteiger partial charge on any atom is -0.274 e. The molecule has 0 saturated carbocycles. The average Bonchev–Trinajstić information content (AvgIpc) is 3.16. The van der Waals surface area contributed by atoms with Crippen LogP contribution in [0, 0.1) is 12.7 Å². The lowest BCUT2D eigenvalue weighted by Crippen LogP contribution is -2.23. The maximum Gasteiger partial charge on any atom is 0.230 e. The first-order chi connectivity index (χ1) is 14.0. The Morgan fingerprint density at radius 1 is 1.14 bits per heavy atom. The molecule has 7 heteroatoms. The molecule has 0 atom stereocenters. The number of nitrogens with zero attached hydrogens (tertiary/aromatic N) is 3. The topological polar surface area (TPSA) is 46.1 Å². The van der Waals surface area contributed by atoms with Crippen molar-refractivity contribution in [2.24, 2.45) is 0 Å². The number of hydrogen-bond acceptors (Lipinski definition) is 5. The molecule has 0 unspecified atom stereocenters. The number of aryl methyl sites for hydroxylation is 1. The molecule has 0 aliphatic heterocycles. The van der Waals surface area contributed by atoms with Crippen LogP contribution >= 0.6 is 23.1 Å². The molecule has 0 bridgehead atoms. The summed E-state index contributed by atoms with van der Waals surface area (Å²) in [5, 5.41) is 4.43. The van der Waals surface area contributed by atoms with Crippen LogP contribution in [0.1, 0.15) is 18.2 Å². The minimum atomic E-state index is -0.454. The summed E-state index contributed by atoms with van der Waals surface area (Å²) in [6.45, 7) is 3.48. The number of halogens is 1. The second-order valence-corrected chi connectivity index (χ2v) is 8.34. The van der Waals surface area contributed by atoms with Gasteiger partial charge in [-0.25, -0.2) is 14.4 Å². The van der Waals surface area contributed by atoms with Gasteiger partial charge in [0.15, 0.2) is 5.13 Å². The number of aromatic nitrogens is 2. The largest absolute Gasteiger partial charge is 0.274 e. The number of fused-ring (bicyclic) bond motifs is 1. The van der Waals surface area contributed by atoms with Crippen LogP contribution < -0.4 is 4.90 Å². The van der Waals surface area contributed by atoms with Gasteiger partial charge in [0.05, 0.1) is 21.9 Å². The first kappa shape index (κ1) is 19.5. The van der Waals surface area contributed by atoms with Crippen molar-refractivity contribution in [1.82, 2.24) is 9.97 Å². The highest BCUT2D eigenvalue weighted by molar-refractivity contribution is 7.98. The normalized spacial score (nSPS) is 11.0. The Bertz CT molecular complexity index is 1190. The fourth-order valence-corrected chi connectivity index (χ4v) is 4.90. The third-order valence-corrected chi connectivity index (χ3v) is 6.23. The van der Waals surface area contributed by atoms with Crippen LogP contribution in [0.25, 0.3) is 10.9 Å². The molecule has 1 amide bonds. The molecule has 0 N–H and O–H groups in total. The van der Waals surface area contributed by atoms with Crippen molar-refractivity contribution < 1.29 is 9.18 Å². The van der Waals surface area contributed by atoms with Crippen molar-refractivity contribution in [3.05, 3.63) is 77.1 Å². The van der Waals surface area contributed by atoms with Gasteiger partial charge in [-0.3, -0.25) is 9.69 Å². The number of pyridine rings is 1. The highest BCUT2D eigenvalue weighted by atomic mass is 32.2. The molecule has 2 heterocycles. The molecule has 0 aliphatic carbocycles. The summed E-state index contributed by atoms with van der Waals surface area (Å²) in [6, 6.07) is 16.3. The van der Waals surface area contributed by atoms with Crippen LogP contribution in [0.5, 0.6) is 0 Å². The molecular weight excluding hydrogens is 405 g/mol. The fraction of sp³-hybridized carbons (Fsp3) is 0.136. The SMILES string of the molecule is CC(=O)N(c1nc(CSc2cc(C)c3ccccc3n2)cs1)c1ccccc1F. The maximum absolute atomic E-state index is 14.2. The average molecular weight is 424 g/mol. The van der Waals surface area contributed by atoms with Crippen LogP contribution in [-0.2, 0) is 10.5 Å². The third-order valence-electron chi connectivity index (χ3n) is 4.41. The number of benzene rings is 2. The number of hydrogen-bond donors (Lipinski definition) is 0. The molecule has 0 radical (unpaired) electrons. The van der Waals surface area contributed by atoms with Crippen molar-refractivity contribution in [1.29, 1.82) is 0 Å². The number of carbonyl (C=O) groups excluding carboxylic acids is 1. The number of thioether (sulfide) groups is 1. The van der Waals surface area contributed by atoms with Crippen LogP contribution in [0.3, 0.4) is 0 Å². The Labute approximate surface area is 176 Å². The zero-order valence-electron chi connectivity index (χ0n) is 15.9. The summed E-state index contributed by atoms with van der Waals surface area (Å²) in [6.07, 6.45) is 0. The number of amides is 1. The monoisotopic (exact) mass is 423 g/mol. The van der Waals surface area contributed by atoms with Crippen molar-refractivity contribution in [3.8, 4) is 0 Å². The maximum atomic E-state index is 14.2. The van der Waals surface area contributed by atoms with Crippen LogP contribution in [0.2, 0.25) is 0 Å². The second-order valence-electron chi connectivity index (χ2n) is 6.51. The highest BCUT2D eigenvalue weighted by Crippen LogP contribution is 2.33. The van der Waals surface area contributed by atoms with E-state index in [2.05, 4.69) is 24.0 Å². The van der Waals surface area contributed by atoms with E-state index in [1.54, 1.807) is 30.0 Å². The molecule has 146 valence electrons. The summed E-state index contributed by atoms with van der Waals surface area (Å²) in [5.74, 6) is -0.121. The molecule has 4 nitrogen and oxygen atoms in total. The van der Waals surface area contributed by atoms with Crippen LogP contribution in [-0.4, -0.2) is 15.9 Å². The standard InChI is InChI=1S/C22H18FN3OS2/c1-14-11-21(25-19-9-5-3-7-17(14)19)28-12-16-13-29-22(24-16)26(15(2)27)20-10-6-4-8-18(20)23/h3-11,13H,12H2,1-2H3. The number of carbonyl (C=O) groups is 1. The zero-order valence-corrected chi connectivity index (χ0v) is 17.6. The molecule has 0 spiro atoms. The number of thiazole rings is 1. The van der Waals surface area contributed by atoms with E-state index in [-0.39, 0.29) is 11.6 Å². The van der Waals surface area contributed by atoms with E-state index in [1.165, 1.54) is 34.8 Å². The predicted molar refractivity (Wildman–Crippen MR) is 117 cm³/mol. The van der Waals surface area contributed by atoms with Gasteiger partial charge in [0.25, 0.3) is 0 Å². The molecule has 0 aliphatic rings. The fourth-order valence-electron chi connectivity index (χ4n) is 3.05. The summed E-state index contributed by atoms with van der Waals surface area (Å²) in [5.41, 5.74) is 3.18. The van der Waals surface area contributed by atoms with Gasteiger partial charge in [0.2, 0.25) is 5.91 Å². The van der Waals surface area contributed by atoms with E-state index in [9.17, 15) is 9.18 Å². The molecule has 2 aromatic carbocycles. The van der Waals surface area contributed by atoms with E-state index >= 15 is 0 Å². The third kappa shape index (κ3) is 4.16. The zero-order chi connectivity index (χ0) is 20.4. The van der Waals surface area contributed by atoms with E-state index < -0.39 is 5.82 Å². The first-order valence-electron chi connectivity index (χ1n) is 9.02. The summed E-state index contributed by atoms with van der Waals surface area (Å²) in [4.78, 5) is 22.7. The number of rotatable bonds is 5. The van der Waals surface area contributed by atoms with Gasteiger partial charge >= 0.3 is 0 Å². The van der Waals surface area contributed by atoms with E-state index in [1.807, 2.05) is 23.6 Å². The van der Waals surface area contributed by atoms with E-state index in [4.69, 9.17) is 4.98 Å². The van der Waals surface area contributed by atoms with Gasteiger partial charge in [-0.05, 0) is 36.8 Å². The Morgan fingerprint density at radius 3 is 2.69 bits per heavy atom. The molecule has 0 saturated heterocycles. The Hall–Kier alpha value is -2.77. The predicted octanol–water partition coefficient (Wildman–Crippen LogP) is 6.12. The lowest BCUT2D eigenvalue weighted by atomic mass is 10.1. The lowest BCUT2D eigenvalue weighted by Gasteiger charge is -2.18. The smallest absolute Gasteiger partial charge is 0.230 e. The van der Waals surface area contributed by atoms with Gasteiger partial charge in [0.1, 0.15) is 5.82 Å². The van der Waals surface area contributed by atoms with E-state index in [0.29, 0.717) is 10.9 Å². The quantitative estimate of drug-likeness (QED) is 0.363. The number of anilines is 2. The molecule has 29 heavy (non-hydrogen) atoms. The number of para-hydroxylation sites is 2. The van der Waals surface area contributed by atoms with Crippen LogP contribution in [0.4, 0.5) is 15.2 Å². The molecule has 4 aromatic rings. The summed E-state index contributed by atoms with van der Waals surface area (Å²) in [7, 11) is 0. The summed E-state index contributed by atoms with van der Waals surface area (Å²) < 4.78 is 14.2. The highest BCUT2D eigenvalue weighted by Gasteiger charge is 2.20. The van der Waals surface area contributed by atoms with E-state index in [0.717, 1.165) is 21.6 Å². The molecular formula is C22H18FN3OS2. The van der Waals surface area contributed by atoms with Crippen LogP contribution in [0.15, 0.2) is 65.0 Å². The second kappa shape index (κ2) is 8.31. The van der Waals surface area contributed by atoms with Crippen molar-refractivity contribution in [3.63, 3.8) is 0 Å². The Kier molecular flexibility index (Phi) is 5.60. The first-order valence-corrected chi connectivity index (χ1v) is 10.9. The van der Waals surface area contributed by atoms with Gasteiger partial charge in [-0.2, -0.15) is 0 Å². The van der Waals surface area contributed by atoms with Gasteiger partial charge < -0.3 is 0 Å². The lowest BCUT2D eigenvalue weighted by molar-refractivity contribution is -0.115. The summed E-state index contributed by atoms with van der Waals surface area (Å²) >= 11 is 2.91. The minimum absolute atomic E-state index is 0.209. The van der Waals surface area contributed by atoms with Gasteiger partial charge in [-0.15, -0.1) is 11.3 Å². The van der Waals surface area contributed by atoms with Gasteiger partial charge in [0, 0.05) is 23.4 Å². The molecule has 4 rings (SSSR count). The van der Waals surface area contributed by atoms with Crippen molar-refractivity contribution in [2.45, 2.75) is 24.6 Å². The molecule has 2 aromatic heterocycles. The Balaban J connectivity index is 1.55.